The maximum absolute atomic E-state index is 12.2. The summed E-state index contributed by atoms with van der Waals surface area (Å²) in [5.74, 6) is -0.375. The Labute approximate surface area is 109 Å². The second-order valence-corrected chi connectivity index (χ2v) is 5.09. The van der Waals surface area contributed by atoms with Crippen LogP contribution in [-0.2, 0) is 9.59 Å². The van der Waals surface area contributed by atoms with E-state index in [0.717, 1.165) is 24.2 Å². The van der Waals surface area contributed by atoms with Crippen molar-refractivity contribution < 1.29 is 9.59 Å². The number of H-pyrrole nitrogens is 1. The lowest BCUT2D eigenvalue weighted by atomic mass is 10.00. The Morgan fingerprint density at radius 2 is 2.00 bits per heavy atom. The summed E-state index contributed by atoms with van der Waals surface area (Å²) >= 11 is 4.89. The molecule has 1 aromatic rings. The first-order valence-corrected chi connectivity index (χ1v) is 6.23. The van der Waals surface area contributed by atoms with Crippen LogP contribution in [0.5, 0.6) is 0 Å². The van der Waals surface area contributed by atoms with Crippen LogP contribution in [0.25, 0.3) is 0 Å². The van der Waals surface area contributed by atoms with E-state index in [2.05, 4.69) is 10.2 Å². The molecular formula is C11H12N4O2S. The molecule has 2 fully saturated rings. The second-order valence-electron chi connectivity index (χ2n) is 4.65. The number of carbonyl (C=O) groups excluding carboxylic acids is 2. The minimum atomic E-state index is -0.181. The fraction of sp³-hybridized carbons (Fsp3) is 0.455. The number of nitrogens with one attached hydrogen (secondary N) is 1. The quantitative estimate of drug-likeness (QED) is 0.593. The molecule has 3 N–H and O–H groups in total. The average Bonchev–Trinajstić information content (AvgIpc) is 2.99. The number of nitrogens with two attached hydrogens (primary N) is 1. The van der Waals surface area contributed by atoms with E-state index in [0.29, 0.717) is 11.4 Å². The normalized spacial score (nSPS) is 26.8. The highest BCUT2D eigenvalue weighted by molar-refractivity contribution is 7.80. The number of nitrogens with zero attached hydrogens (tertiary/aromatic N) is 2. The molecule has 2 amide bonds. The lowest BCUT2D eigenvalue weighted by Crippen LogP contribution is -2.33. The Kier molecular flexibility index (Phi) is 2.44. The topological polar surface area (TPSA) is 92.1 Å². The van der Waals surface area contributed by atoms with Gasteiger partial charge in [0.2, 0.25) is 11.8 Å². The van der Waals surface area contributed by atoms with E-state index in [1.807, 2.05) is 0 Å². The smallest absolute Gasteiger partial charge is 0.238 e. The monoisotopic (exact) mass is 264 g/mol. The molecule has 2 unspecified atom stereocenters. The fourth-order valence-electron chi connectivity index (χ4n) is 2.84. The van der Waals surface area contributed by atoms with Crippen molar-refractivity contribution >= 4 is 34.8 Å². The van der Waals surface area contributed by atoms with Crippen molar-refractivity contribution in [2.24, 2.45) is 17.6 Å². The molecule has 0 aromatic carbocycles. The molecular weight excluding hydrogens is 252 g/mol. The van der Waals surface area contributed by atoms with Gasteiger partial charge in [-0.15, -0.1) is 0 Å². The van der Waals surface area contributed by atoms with Gasteiger partial charge in [-0.25, -0.2) is 4.90 Å². The largest absolute Gasteiger partial charge is 0.389 e. The predicted molar refractivity (Wildman–Crippen MR) is 67.8 cm³/mol. The van der Waals surface area contributed by atoms with Gasteiger partial charge >= 0.3 is 0 Å². The van der Waals surface area contributed by atoms with Gasteiger partial charge in [-0.05, 0) is 12.8 Å². The van der Waals surface area contributed by atoms with Crippen LogP contribution in [0.2, 0.25) is 0 Å². The number of aromatic amines is 1. The van der Waals surface area contributed by atoms with E-state index in [-0.39, 0.29) is 28.6 Å². The summed E-state index contributed by atoms with van der Waals surface area (Å²) in [6, 6.07) is 0. The van der Waals surface area contributed by atoms with Gasteiger partial charge < -0.3 is 5.73 Å². The highest BCUT2D eigenvalue weighted by atomic mass is 32.1. The number of amides is 2. The summed E-state index contributed by atoms with van der Waals surface area (Å²) in [6.07, 6.45) is 3.93. The molecule has 1 aromatic heterocycles. The minimum absolute atomic E-state index is 0.122. The van der Waals surface area contributed by atoms with Gasteiger partial charge in [-0.2, -0.15) is 5.10 Å². The molecule has 0 bridgehead atoms. The van der Waals surface area contributed by atoms with Gasteiger partial charge in [0.25, 0.3) is 0 Å². The summed E-state index contributed by atoms with van der Waals surface area (Å²) < 4.78 is 0. The number of anilines is 1. The fourth-order valence-corrected chi connectivity index (χ4v) is 2.99. The van der Waals surface area contributed by atoms with Gasteiger partial charge in [0.15, 0.2) is 0 Å². The first-order valence-electron chi connectivity index (χ1n) is 5.82. The Balaban J connectivity index is 2.02. The number of aromatic nitrogens is 2. The van der Waals surface area contributed by atoms with E-state index in [9.17, 15) is 9.59 Å². The minimum Gasteiger partial charge on any atom is -0.389 e. The molecule has 0 spiro atoms. The third kappa shape index (κ3) is 1.40. The molecule has 1 aliphatic carbocycles. The van der Waals surface area contributed by atoms with Crippen LogP contribution in [0.3, 0.4) is 0 Å². The molecule has 6 nitrogen and oxygen atoms in total. The maximum atomic E-state index is 12.2. The third-order valence-electron chi connectivity index (χ3n) is 3.70. The van der Waals surface area contributed by atoms with Gasteiger partial charge in [0, 0.05) is 0 Å². The highest BCUT2D eigenvalue weighted by Crippen LogP contribution is 2.41. The van der Waals surface area contributed by atoms with Crippen molar-refractivity contribution in [1.82, 2.24) is 10.2 Å². The zero-order chi connectivity index (χ0) is 12.9. The van der Waals surface area contributed by atoms with Crippen LogP contribution in [0, 0.1) is 11.8 Å². The molecule has 18 heavy (non-hydrogen) atoms. The number of hydrogen-bond acceptors (Lipinski definition) is 4. The van der Waals surface area contributed by atoms with Gasteiger partial charge in [0.05, 0.1) is 23.6 Å². The number of hydrogen-bond donors (Lipinski definition) is 2. The van der Waals surface area contributed by atoms with Crippen molar-refractivity contribution in [3.05, 3.63) is 11.8 Å². The summed E-state index contributed by atoms with van der Waals surface area (Å²) in [4.78, 5) is 25.8. The molecule has 1 aliphatic heterocycles. The molecule has 0 radical (unpaired) electrons. The van der Waals surface area contributed by atoms with Gasteiger partial charge in [0.1, 0.15) is 10.8 Å². The van der Waals surface area contributed by atoms with E-state index < -0.39 is 0 Å². The Morgan fingerprint density at radius 3 is 2.56 bits per heavy atom. The Hall–Kier alpha value is -1.76. The highest BCUT2D eigenvalue weighted by Gasteiger charge is 2.51. The predicted octanol–water partition coefficient (Wildman–Crippen LogP) is 0.333. The summed E-state index contributed by atoms with van der Waals surface area (Å²) in [5.41, 5.74) is 5.99. The molecule has 3 rings (SSSR count). The molecule has 2 heterocycles. The van der Waals surface area contributed by atoms with Crippen LogP contribution in [-0.4, -0.2) is 27.0 Å². The zero-order valence-electron chi connectivity index (χ0n) is 9.55. The summed E-state index contributed by atoms with van der Waals surface area (Å²) in [6.45, 7) is 0. The van der Waals surface area contributed by atoms with E-state index >= 15 is 0 Å². The summed E-state index contributed by atoms with van der Waals surface area (Å²) in [7, 11) is 0. The van der Waals surface area contributed by atoms with Crippen molar-refractivity contribution in [2.45, 2.75) is 19.3 Å². The van der Waals surface area contributed by atoms with Crippen molar-refractivity contribution in [3.8, 4) is 0 Å². The second kappa shape index (κ2) is 3.88. The first-order chi connectivity index (χ1) is 8.61. The van der Waals surface area contributed by atoms with E-state index in [4.69, 9.17) is 18.0 Å². The Morgan fingerprint density at radius 1 is 1.39 bits per heavy atom. The molecule has 94 valence electrons. The number of imide groups is 1. The van der Waals surface area contributed by atoms with Crippen LogP contribution >= 0.6 is 12.2 Å². The van der Waals surface area contributed by atoms with Gasteiger partial charge in [-0.3, -0.25) is 14.7 Å². The van der Waals surface area contributed by atoms with Crippen LogP contribution in [0.4, 0.5) is 5.82 Å². The number of fused-ring (bicyclic) bond motifs is 1. The third-order valence-corrected chi connectivity index (χ3v) is 3.92. The van der Waals surface area contributed by atoms with Gasteiger partial charge in [-0.1, -0.05) is 18.6 Å². The van der Waals surface area contributed by atoms with Crippen molar-refractivity contribution in [3.63, 3.8) is 0 Å². The molecule has 1 saturated carbocycles. The lowest BCUT2D eigenvalue weighted by molar-refractivity contribution is -0.122. The zero-order valence-corrected chi connectivity index (χ0v) is 10.4. The van der Waals surface area contributed by atoms with Crippen LogP contribution in [0.15, 0.2) is 6.20 Å². The SMILES string of the molecule is NC(=S)c1cn[nH]c1N1C(=O)C2CCCC2C1=O. The Bertz CT molecular complexity index is 531. The van der Waals surface area contributed by atoms with Crippen molar-refractivity contribution in [1.29, 1.82) is 0 Å². The average molecular weight is 264 g/mol. The number of carbonyl (C=O) groups is 2. The number of rotatable bonds is 2. The molecule has 1 saturated heterocycles. The maximum Gasteiger partial charge on any atom is 0.238 e. The van der Waals surface area contributed by atoms with Crippen LogP contribution in [0.1, 0.15) is 24.8 Å². The van der Waals surface area contributed by atoms with E-state index in [1.54, 1.807) is 0 Å². The molecule has 2 atom stereocenters. The lowest BCUT2D eigenvalue weighted by Gasteiger charge is -2.14. The summed E-state index contributed by atoms with van der Waals surface area (Å²) in [5, 5.41) is 6.46. The standard InChI is InChI=1S/C11H12N4O2S/c12-8(18)7-4-13-14-9(7)15-10(16)5-2-1-3-6(5)11(15)17/h4-6H,1-3H2,(H2,12,18)(H,13,14). The first kappa shape index (κ1) is 11.3. The number of thiocarbonyl (C=S) groups is 1. The van der Waals surface area contributed by atoms with E-state index in [1.165, 1.54) is 6.20 Å². The molecule has 7 heteroatoms. The van der Waals surface area contributed by atoms with Crippen LogP contribution < -0.4 is 10.6 Å². The van der Waals surface area contributed by atoms with Crippen molar-refractivity contribution in [2.75, 3.05) is 4.90 Å². The molecule has 2 aliphatic rings.